The summed E-state index contributed by atoms with van der Waals surface area (Å²) in [5.41, 5.74) is 2.35. The van der Waals surface area contributed by atoms with E-state index < -0.39 is 12.1 Å². The van der Waals surface area contributed by atoms with Gasteiger partial charge in [-0.2, -0.15) is 13.2 Å². The number of hydrogen-bond donors (Lipinski definition) is 1. The number of aromatic nitrogens is 3. The first kappa shape index (κ1) is 20.1. The Morgan fingerprint density at radius 2 is 1.85 bits per heavy atom. The third-order valence-corrected chi connectivity index (χ3v) is 4.88. The zero-order valence-electron chi connectivity index (χ0n) is 15.1. The Kier molecular flexibility index (Phi) is 6.36. The van der Waals surface area contributed by atoms with Crippen molar-refractivity contribution in [2.45, 2.75) is 58.0 Å². The summed E-state index contributed by atoms with van der Waals surface area (Å²) in [7, 11) is 0. The number of aliphatic carboxylic acids is 1. The average molecular weight is 390 g/mol. The topological polar surface area (TPSA) is 80.5 Å². The van der Waals surface area contributed by atoms with Crippen LogP contribution in [0.4, 0.5) is 13.2 Å². The number of carboxylic acids is 1. The van der Waals surface area contributed by atoms with E-state index in [0.717, 1.165) is 37.2 Å². The van der Waals surface area contributed by atoms with Crippen LogP contribution in [0.2, 0.25) is 0 Å². The molecule has 2 saturated carbocycles. The highest BCUT2D eigenvalue weighted by Gasteiger charge is 2.38. The second kappa shape index (κ2) is 8.55. The highest BCUT2D eigenvalue weighted by molar-refractivity contribution is 5.73. The Labute approximate surface area is 155 Å². The van der Waals surface area contributed by atoms with Gasteiger partial charge in [0.05, 0.1) is 12.3 Å². The van der Waals surface area contributed by atoms with E-state index in [1.54, 1.807) is 0 Å². The lowest BCUT2D eigenvalue weighted by Crippen LogP contribution is -2.26. The van der Waals surface area contributed by atoms with Crippen LogP contribution in [0.25, 0.3) is 0 Å². The maximum absolute atomic E-state index is 10.6. The molecular weight excluding hydrogens is 365 g/mol. The monoisotopic (exact) mass is 390 g/mol. The Bertz CT molecular complexity index is 642. The molecule has 10 heteroatoms. The fourth-order valence-electron chi connectivity index (χ4n) is 3.00. The number of halogens is 3. The molecule has 0 amide bonds. The molecule has 0 atom stereocenters. The van der Waals surface area contributed by atoms with Gasteiger partial charge >= 0.3 is 12.1 Å². The lowest BCUT2D eigenvalue weighted by molar-refractivity contribution is -0.192. The first-order valence-corrected chi connectivity index (χ1v) is 9.34. The van der Waals surface area contributed by atoms with Crippen molar-refractivity contribution in [2.24, 2.45) is 11.8 Å². The summed E-state index contributed by atoms with van der Waals surface area (Å²) in [6, 6.07) is 0. The van der Waals surface area contributed by atoms with Gasteiger partial charge in [0.25, 0.3) is 0 Å². The molecule has 1 aromatic rings. The lowest BCUT2D eigenvalue weighted by Gasteiger charge is -2.19. The van der Waals surface area contributed by atoms with E-state index in [4.69, 9.17) is 14.6 Å². The fraction of sp³-hybridized carbons (Fsp3) is 0.824. The van der Waals surface area contributed by atoms with Crippen molar-refractivity contribution in [3.63, 3.8) is 0 Å². The molecule has 1 N–H and O–H groups in total. The molecule has 2 aliphatic carbocycles. The number of ether oxygens (including phenoxy) is 1. The molecule has 0 radical (unpaired) electrons. The Hall–Kier alpha value is -1.68. The van der Waals surface area contributed by atoms with Gasteiger partial charge in [0.1, 0.15) is 5.69 Å². The summed E-state index contributed by atoms with van der Waals surface area (Å²) in [6.45, 7) is 6.01. The number of hydrogen-bond acceptors (Lipinski definition) is 5. The standard InChI is InChI=1S/C15H24N4O.C2HF3O2/c1-6-18(8-12-2-3-12)9-15-14(16-17-19(15)7-1)11-20-10-13-4-5-13;3-2(4,5)1(6)7/h12-13H,1-11H2;(H,6,7). The van der Waals surface area contributed by atoms with Gasteiger partial charge in [-0.25, -0.2) is 9.48 Å². The number of nitrogens with zero attached hydrogens (tertiary/aromatic N) is 4. The van der Waals surface area contributed by atoms with Crippen molar-refractivity contribution in [1.82, 2.24) is 19.9 Å². The van der Waals surface area contributed by atoms with Gasteiger partial charge in [0, 0.05) is 32.8 Å². The predicted molar refractivity (Wildman–Crippen MR) is 88.7 cm³/mol. The van der Waals surface area contributed by atoms with E-state index >= 15 is 0 Å². The molecule has 0 bridgehead atoms. The van der Waals surface area contributed by atoms with Crippen LogP contribution in [0, 0.1) is 11.8 Å². The van der Waals surface area contributed by atoms with E-state index in [0.29, 0.717) is 6.61 Å². The van der Waals surface area contributed by atoms with Crippen molar-refractivity contribution >= 4 is 5.97 Å². The Morgan fingerprint density at radius 1 is 1.19 bits per heavy atom. The zero-order chi connectivity index (χ0) is 19.4. The molecule has 1 aliphatic heterocycles. The number of rotatable bonds is 6. The average Bonchev–Trinajstić information content (AvgIpc) is 3.49. The molecule has 2 fully saturated rings. The summed E-state index contributed by atoms with van der Waals surface area (Å²) < 4.78 is 39.6. The molecule has 1 aromatic heterocycles. The molecule has 152 valence electrons. The number of alkyl halides is 3. The molecular formula is C17H25F3N4O3. The van der Waals surface area contributed by atoms with Gasteiger partial charge in [-0.05, 0) is 43.9 Å². The quantitative estimate of drug-likeness (QED) is 0.804. The summed E-state index contributed by atoms with van der Waals surface area (Å²) in [5, 5.41) is 15.8. The van der Waals surface area contributed by atoms with Gasteiger partial charge in [0.15, 0.2) is 0 Å². The minimum absolute atomic E-state index is 0.642. The maximum Gasteiger partial charge on any atom is 0.490 e. The first-order chi connectivity index (χ1) is 12.8. The molecule has 7 nitrogen and oxygen atoms in total. The molecule has 0 spiro atoms. The normalized spacial score (nSPS) is 20.4. The third-order valence-electron chi connectivity index (χ3n) is 4.88. The van der Waals surface area contributed by atoms with Crippen LogP contribution in [0.5, 0.6) is 0 Å². The number of aryl methyl sites for hydroxylation is 1. The number of fused-ring (bicyclic) bond motifs is 1. The van der Waals surface area contributed by atoms with Crippen molar-refractivity contribution in [3.8, 4) is 0 Å². The van der Waals surface area contributed by atoms with Crippen LogP contribution in [-0.2, 0) is 29.2 Å². The van der Waals surface area contributed by atoms with Crippen molar-refractivity contribution in [1.29, 1.82) is 0 Å². The van der Waals surface area contributed by atoms with Crippen molar-refractivity contribution in [3.05, 3.63) is 11.4 Å². The van der Waals surface area contributed by atoms with Crippen LogP contribution in [-0.4, -0.2) is 56.8 Å². The summed E-state index contributed by atoms with van der Waals surface area (Å²) in [4.78, 5) is 11.5. The van der Waals surface area contributed by atoms with Crippen molar-refractivity contribution < 1.29 is 27.8 Å². The van der Waals surface area contributed by atoms with E-state index in [1.165, 1.54) is 50.9 Å². The molecule has 3 aliphatic rings. The summed E-state index contributed by atoms with van der Waals surface area (Å²) >= 11 is 0. The van der Waals surface area contributed by atoms with Gasteiger partial charge < -0.3 is 9.84 Å². The van der Waals surface area contributed by atoms with E-state index in [-0.39, 0.29) is 0 Å². The SMILES string of the molecule is C1CN(CC2CC2)Cc2c(COCC3CC3)nnn2C1.O=C(O)C(F)(F)F. The maximum atomic E-state index is 10.6. The molecule has 0 unspecified atom stereocenters. The van der Waals surface area contributed by atoms with Gasteiger partial charge in [0.2, 0.25) is 0 Å². The Morgan fingerprint density at radius 3 is 2.44 bits per heavy atom. The van der Waals surface area contributed by atoms with E-state index in [2.05, 4.69) is 19.9 Å². The number of carbonyl (C=O) groups is 1. The highest BCUT2D eigenvalue weighted by atomic mass is 19.4. The second-order valence-corrected chi connectivity index (χ2v) is 7.50. The minimum Gasteiger partial charge on any atom is -0.475 e. The van der Waals surface area contributed by atoms with Crippen LogP contribution < -0.4 is 0 Å². The zero-order valence-corrected chi connectivity index (χ0v) is 15.1. The van der Waals surface area contributed by atoms with Crippen LogP contribution in [0.1, 0.15) is 43.5 Å². The molecule has 0 saturated heterocycles. The van der Waals surface area contributed by atoms with Gasteiger partial charge in [-0.3, -0.25) is 4.90 Å². The Balaban J connectivity index is 0.000000260. The predicted octanol–water partition coefficient (Wildman–Crippen LogP) is 2.45. The second-order valence-electron chi connectivity index (χ2n) is 7.50. The van der Waals surface area contributed by atoms with Crippen LogP contribution >= 0.6 is 0 Å². The third kappa shape index (κ3) is 6.46. The van der Waals surface area contributed by atoms with Crippen LogP contribution in [0.15, 0.2) is 0 Å². The molecule has 0 aromatic carbocycles. The fourth-order valence-corrected chi connectivity index (χ4v) is 3.00. The van der Waals surface area contributed by atoms with Gasteiger partial charge in [-0.1, -0.05) is 5.21 Å². The molecule has 4 rings (SSSR count). The van der Waals surface area contributed by atoms with Crippen LogP contribution in [0.3, 0.4) is 0 Å². The van der Waals surface area contributed by atoms with E-state index in [9.17, 15) is 13.2 Å². The van der Waals surface area contributed by atoms with Gasteiger partial charge in [-0.15, -0.1) is 5.10 Å². The summed E-state index contributed by atoms with van der Waals surface area (Å²) in [5.74, 6) is -0.991. The number of carboxylic acid groups (broad SMARTS) is 1. The van der Waals surface area contributed by atoms with Crippen molar-refractivity contribution in [2.75, 3.05) is 19.7 Å². The highest BCUT2D eigenvalue weighted by Crippen LogP contribution is 2.31. The minimum atomic E-state index is -5.08. The van der Waals surface area contributed by atoms with E-state index in [1.807, 2.05) is 0 Å². The summed E-state index contributed by atoms with van der Waals surface area (Å²) in [6.07, 6.45) is 1.63. The largest absolute Gasteiger partial charge is 0.490 e. The lowest BCUT2D eigenvalue weighted by atomic mass is 10.3. The first-order valence-electron chi connectivity index (χ1n) is 9.34. The molecule has 2 heterocycles. The molecule has 27 heavy (non-hydrogen) atoms. The smallest absolute Gasteiger partial charge is 0.475 e.